The molecule has 0 aliphatic heterocycles. The molecule has 0 fully saturated rings. The molecule has 14 heavy (non-hydrogen) atoms. The van der Waals surface area contributed by atoms with Gasteiger partial charge in [0, 0.05) is 18.8 Å². The lowest BCUT2D eigenvalue weighted by molar-refractivity contribution is 0.887. The van der Waals surface area contributed by atoms with Crippen molar-refractivity contribution in [1.29, 1.82) is 0 Å². The van der Waals surface area contributed by atoms with E-state index < -0.39 is 0 Å². The van der Waals surface area contributed by atoms with E-state index in [1.165, 1.54) is 0 Å². The smallest absolute Gasteiger partial charge is 0.126 e. The van der Waals surface area contributed by atoms with E-state index in [9.17, 15) is 0 Å². The third-order valence-corrected chi connectivity index (χ3v) is 1.50. The topological polar surface area (TPSA) is 50.9 Å². The monoisotopic (exact) mass is 195 g/mol. The second kappa shape index (κ2) is 7.33. The van der Waals surface area contributed by atoms with E-state index in [1.807, 2.05) is 26.0 Å². The van der Waals surface area contributed by atoms with Crippen LogP contribution in [0.2, 0.25) is 0 Å². The van der Waals surface area contributed by atoms with E-state index in [0.717, 1.165) is 11.4 Å². The van der Waals surface area contributed by atoms with Crippen LogP contribution in [0.5, 0.6) is 0 Å². The molecule has 0 aromatic carbocycles. The van der Waals surface area contributed by atoms with Gasteiger partial charge in [-0.15, -0.1) is 0 Å². The van der Waals surface area contributed by atoms with Crippen molar-refractivity contribution in [2.24, 2.45) is 5.73 Å². The van der Waals surface area contributed by atoms with Gasteiger partial charge in [0.1, 0.15) is 5.82 Å². The summed E-state index contributed by atoms with van der Waals surface area (Å²) in [6.07, 6.45) is 1.80. The Balaban J connectivity index is 0.000000791. The molecule has 0 unspecified atom stereocenters. The first-order chi connectivity index (χ1) is 6.72. The number of anilines is 1. The molecule has 0 bridgehead atoms. The van der Waals surface area contributed by atoms with Crippen molar-refractivity contribution >= 4 is 5.82 Å². The molecule has 0 spiro atoms. The molecule has 1 aromatic rings. The van der Waals surface area contributed by atoms with Gasteiger partial charge in [-0.05, 0) is 25.5 Å². The van der Waals surface area contributed by atoms with Crippen molar-refractivity contribution in [3.8, 4) is 0 Å². The number of aromatic nitrogens is 1. The molecule has 1 heterocycles. The van der Waals surface area contributed by atoms with Crippen LogP contribution in [-0.4, -0.2) is 11.0 Å². The highest BCUT2D eigenvalue weighted by Crippen LogP contribution is 2.05. The number of pyridine rings is 1. The van der Waals surface area contributed by atoms with Gasteiger partial charge in [-0.25, -0.2) is 4.98 Å². The summed E-state index contributed by atoms with van der Waals surface area (Å²) in [5, 5.41) is 3.20. The minimum absolute atomic E-state index is 0.418. The minimum Gasteiger partial charge on any atom is -0.368 e. The molecule has 0 radical (unpaired) electrons. The highest BCUT2D eigenvalue weighted by molar-refractivity contribution is 5.36. The van der Waals surface area contributed by atoms with Gasteiger partial charge in [0.25, 0.3) is 0 Å². The summed E-state index contributed by atoms with van der Waals surface area (Å²) in [6, 6.07) is 4.35. The Morgan fingerprint density at radius 1 is 1.36 bits per heavy atom. The molecule has 0 aliphatic rings. The van der Waals surface area contributed by atoms with Crippen LogP contribution in [0.15, 0.2) is 18.3 Å². The third kappa shape index (κ3) is 4.82. The predicted octanol–water partition coefficient (Wildman–Crippen LogP) is 2.39. The molecule has 0 amide bonds. The van der Waals surface area contributed by atoms with Gasteiger partial charge in [0.2, 0.25) is 0 Å². The number of nitrogens with two attached hydrogens (primary N) is 1. The Bertz CT molecular complexity index is 229. The largest absolute Gasteiger partial charge is 0.368 e. The lowest BCUT2D eigenvalue weighted by atomic mass is 10.3. The first-order valence-electron chi connectivity index (χ1n) is 5.14. The van der Waals surface area contributed by atoms with E-state index in [1.54, 1.807) is 6.20 Å². The number of hydrogen-bond acceptors (Lipinski definition) is 3. The second-order valence-electron chi connectivity index (χ2n) is 3.05. The molecule has 3 nitrogen and oxygen atoms in total. The van der Waals surface area contributed by atoms with E-state index in [2.05, 4.69) is 24.1 Å². The molecule has 0 aliphatic carbocycles. The summed E-state index contributed by atoms with van der Waals surface area (Å²) in [4.78, 5) is 4.20. The van der Waals surface area contributed by atoms with Gasteiger partial charge in [0.05, 0.1) is 0 Å². The molecular formula is C11H21N3. The number of nitrogens with zero attached hydrogens (tertiary/aromatic N) is 1. The fraction of sp³-hybridized carbons (Fsp3) is 0.545. The van der Waals surface area contributed by atoms with E-state index in [-0.39, 0.29) is 0 Å². The first-order valence-corrected chi connectivity index (χ1v) is 5.14. The summed E-state index contributed by atoms with van der Waals surface area (Å²) in [7, 11) is 0. The molecule has 0 saturated heterocycles. The van der Waals surface area contributed by atoms with Crippen LogP contribution >= 0.6 is 0 Å². The molecule has 3 heteroatoms. The normalized spacial score (nSPS) is 9.29. The average Bonchev–Trinajstić information content (AvgIpc) is 2.21. The van der Waals surface area contributed by atoms with Gasteiger partial charge >= 0.3 is 0 Å². The molecule has 0 saturated carbocycles. The summed E-state index contributed by atoms with van der Waals surface area (Å²) >= 11 is 0. The predicted molar refractivity (Wildman–Crippen MR) is 62.2 cm³/mol. The Morgan fingerprint density at radius 3 is 2.36 bits per heavy atom. The van der Waals surface area contributed by atoms with E-state index in [0.29, 0.717) is 12.6 Å². The van der Waals surface area contributed by atoms with Gasteiger partial charge < -0.3 is 11.1 Å². The maximum absolute atomic E-state index is 5.44. The van der Waals surface area contributed by atoms with Crippen LogP contribution in [0, 0.1) is 0 Å². The average molecular weight is 195 g/mol. The molecule has 0 atom stereocenters. The zero-order valence-corrected chi connectivity index (χ0v) is 9.54. The molecule has 80 valence electrons. The molecule has 1 aromatic heterocycles. The zero-order valence-electron chi connectivity index (χ0n) is 9.54. The van der Waals surface area contributed by atoms with Crippen LogP contribution in [-0.2, 0) is 6.54 Å². The zero-order chi connectivity index (χ0) is 11.0. The highest BCUT2D eigenvalue weighted by Gasteiger charge is 1.95. The summed E-state index contributed by atoms with van der Waals surface area (Å²) in [6.45, 7) is 8.71. The third-order valence-electron chi connectivity index (χ3n) is 1.50. The van der Waals surface area contributed by atoms with Crippen molar-refractivity contribution < 1.29 is 0 Å². The number of hydrogen-bond donors (Lipinski definition) is 2. The van der Waals surface area contributed by atoms with E-state index in [4.69, 9.17) is 5.73 Å². The van der Waals surface area contributed by atoms with Crippen molar-refractivity contribution in [1.82, 2.24) is 4.98 Å². The maximum atomic E-state index is 5.44. The Labute approximate surface area is 86.7 Å². The summed E-state index contributed by atoms with van der Waals surface area (Å²) in [5.74, 6) is 0.905. The minimum atomic E-state index is 0.418. The Hall–Kier alpha value is -1.09. The molecule has 1 rings (SSSR count). The molecule has 3 N–H and O–H groups in total. The summed E-state index contributed by atoms with van der Waals surface area (Å²) < 4.78 is 0. The number of rotatable bonds is 3. The van der Waals surface area contributed by atoms with Gasteiger partial charge in [-0.3, -0.25) is 0 Å². The van der Waals surface area contributed by atoms with Gasteiger partial charge in [-0.2, -0.15) is 0 Å². The van der Waals surface area contributed by atoms with Gasteiger partial charge in [-0.1, -0.05) is 19.9 Å². The molecular weight excluding hydrogens is 174 g/mol. The van der Waals surface area contributed by atoms with Gasteiger partial charge in [0.15, 0.2) is 0 Å². The van der Waals surface area contributed by atoms with Crippen LogP contribution in [0.3, 0.4) is 0 Å². The van der Waals surface area contributed by atoms with Crippen molar-refractivity contribution in [3.05, 3.63) is 23.9 Å². The first kappa shape index (κ1) is 12.9. The van der Waals surface area contributed by atoms with Crippen LogP contribution in [0.1, 0.15) is 33.3 Å². The SMILES string of the molecule is CC.CC(C)Nc1ccc(CN)cn1. The van der Waals surface area contributed by atoms with Crippen LogP contribution < -0.4 is 11.1 Å². The maximum Gasteiger partial charge on any atom is 0.126 e. The van der Waals surface area contributed by atoms with Crippen LogP contribution in [0.4, 0.5) is 5.82 Å². The fourth-order valence-electron chi connectivity index (χ4n) is 0.926. The summed E-state index contributed by atoms with van der Waals surface area (Å²) in [5.41, 5.74) is 6.50. The van der Waals surface area contributed by atoms with Crippen molar-refractivity contribution in [3.63, 3.8) is 0 Å². The second-order valence-corrected chi connectivity index (χ2v) is 3.05. The quantitative estimate of drug-likeness (QED) is 0.778. The Morgan fingerprint density at radius 2 is 2.00 bits per heavy atom. The standard InChI is InChI=1S/C9H15N3.C2H6/c1-7(2)12-9-4-3-8(5-10)6-11-9;1-2/h3-4,6-7H,5,10H2,1-2H3,(H,11,12);1-2H3. The van der Waals surface area contributed by atoms with E-state index >= 15 is 0 Å². The van der Waals surface area contributed by atoms with Crippen molar-refractivity contribution in [2.75, 3.05) is 5.32 Å². The lowest BCUT2D eigenvalue weighted by Crippen LogP contribution is -2.11. The Kier molecular flexibility index (Phi) is 6.76. The number of nitrogens with one attached hydrogen (secondary N) is 1. The van der Waals surface area contributed by atoms with Crippen molar-refractivity contribution in [2.45, 2.75) is 40.3 Å². The lowest BCUT2D eigenvalue weighted by Gasteiger charge is -2.08. The van der Waals surface area contributed by atoms with Crippen LogP contribution in [0.25, 0.3) is 0 Å². The highest BCUT2D eigenvalue weighted by atomic mass is 15.0. The fourth-order valence-corrected chi connectivity index (χ4v) is 0.926.